The largest absolute Gasteiger partial charge is 0.478 e. The van der Waals surface area contributed by atoms with Crippen molar-refractivity contribution in [3.8, 4) is 5.75 Å². The average Bonchev–Trinajstić information content (AvgIpc) is 2.70. The smallest absolute Gasteiger partial charge is 0.263 e. The number of amides is 1. The van der Waals surface area contributed by atoms with Gasteiger partial charge >= 0.3 is 0 Å². The van der Waals surface area contributed by atoms with Crippen LogP contribution in [0.1, 0.15) is 45.4 Å². The van der Waals surface area contributed by atoms with Crippen molar-refractivity contribution in [1.29, 1.82) is 0 Å². The number of aryl methyl sites for hydroxylation is 1. The van der Waals surface area contributed by atoms with Gasteiger partial charge in [0.15, 0.2) is 5.60 Å². The highest BCUT2D eigenvalue weighted by Gasteiger charge is 2.33. The van der Waals surface area contributed by atoms with E-state index >= 15 is 0 Å². The normalized spacial score (nSPS) is 18.9. The van der Waals surface area contributed by atoms with E-state index in [1.54, 1.807) is 38.1 Å². The first-order valence-electron chi connectivity index (χ1n) is 10.7. The summed E-state index contributed by atoms with van der Waals surface area (Å²) in [7, 11) is 3.94. The summed E-state index contributed by atoms with van der Waals surface area (Å²) >= 11 is 5.92. The monoisotopic (exact) mass is 445 g/mol. The van der Waals surface area contributed by atoms with E-state index in [0.29, 0.717) is 16.8 Å². The molecule has 1 fully saturated rings. The number of carbonyl (C=O) groups is 1. The number of nitrogens with zero attached hydrogens (tertiary/aromatic N) is 3. The highest BCUT2D eigenvalue weighted by atomic mass is 35.5. The molecule has 1 amide bonds. The quantitative estimate of drug-likeness (QED) is 0.664. The fourth-order valence-corrected chi connectivity index (χ4v) is 3.77. The minimum Gasteiger partial charge on any atom is -0.478 e. The number of benzene rings is 1. The summed E-state index contributed by atoms with van der Waals surface area (Å²) in [6.45, 7) is 5.46. The maximum atomic E-state index is 12.8. The number of ether oxygens (including phenoxy) is 1. The van der Waals surface area contributed by atoms with Crippen LogP contribution in [0.5, 0.6) is 5.75 Å². The van der Waals surface area contributed by atoms with Crippen molar-refractivity contribution >= 4 is 29.1 Å². The molecule has 0 unspecified atom stereocenters. The van der Waals surface area contributed by atoms with Crippen molar-refractivity contribution in [2.45, 2.75) is 64.1 Å². The SMILES string of the molecule is Cc1nc(NC2CCC(NC(=O)C(C)(C)Oc3ccc(Cl)cc3)CC2)cc(N(C)C)n1. The van der Waals surface area contributed by atoms with Gasteiger partial charge < -0.3 is 20.3 Å². The third-order valence-corrected chi connectivity index (χ3v) is 5.68. The zero-order valence-corrected chi connectivity index (χ0v) is 19.7. The molecule has 0 spiro atoms. The van der Waals surface area contributed by atoms with E-state index < -0.39 is 5.60 Å². The first-order chi connectivity index (χ1) is 14.6. The number of hydrogen-bond donors (Lipinski definition) is 2. The van der Waals surface area contributed by atoms with E-state index in [2.05, 4.69) is 20.6 Å². The maximum Gasteiger partial charge on any atom is 0.263 e. The van der Waals surface area contributed by atoms with Crippen molar-refractivity contribution in [2.75, 3.05) is 24.3 Å². The molecular formula is C23H32ClN5O2. The van der Waals surface area contributed by atoms with Gasteiger partial charge in [-0.1, -0.05) is 11.6 Å². The van der Waals surface area contributed by atoms with E-state index in [4.69, 9.17) is 16.3 Å². The minimum absolute atomic E-state index is 0.110. The molecule has 0 radical (unpaired) electrons. The third-order valence-electron chi connectivity index (χ3n) is 5.43. The molecule has 2 N–H and O–H groups in total. The van der Waals surface area contributed by atoms with E-state index in [-0.39, 0.29) is 11.9 Å². The van der Waals surface area contributed by atoms with Crippen LogP contribution in [-0.2, 0) is 4.79 Å². The molecule has 0 bridgehead atoms. The average molecular weight is 446 g/mol. The van der Waals surface area contributed by atoms with Crippen LogP contribution in [0.4, 0.5) is 11.6 Å². The Bertz CT molecular complexity index is 893. The Balaban J connectivity index is 1.50. The second-order valence-electron chi connectivity index (χ2n) is 8.79. The first-order valence-corrected chi connectivity index (χ1v) is 11.1. The Morgan fingerprint density at radius 3 is 2.32 bits per heavy atom. The second-order valence-corrected chi connectivity index (χ2v) is 9.22. The van der Waals surface area contributed by atoms with E-state index in [1.807, 2.05) is 32.0 Å². The molecular weight excluding hydrogens is 414 g/mol. The zero-order chi connectivity index (χ0) is 22.6. The van der Waals surface area contributed by atoms with E-state index in [0.717, 1.165) is 43.1 Å². The van der Waals surface area contributed by atoms with E-state index in [1.165, 1.54) is 0 Å². The summed E-state index contributed by atoms with van der Waals surface area (Å²) in [4.78, 5) is 23.7. The molecule has 168 valence electrons. The predicted molar refractivity (Wildman–Crippen MR) is 125 cm³/mol. The van der Waals surface area contributed by atoms with Crippen LogP contribution in [0, 0.1) is 6.92 Å². The van der Waals surface area contributed by atoms with Crippen LogP contribution in [0.15, 0.2) is 30.3 Å². The summed E-state index contributed by atoms with van der Waals surface area (Å²) in [5.41, 5.74) is -0.968. The number of rotatable bonds is 7. The Morgan fingerprint density at radius 1 is 1.10 bits per heavy atom. The van der Waals surface area contributed by atoms with E-state index in [9.17, 15) is 4.79 Å². The van der Waals surface area contributed by atoms with Crippen molar-refractivity contribution in [1.82, 2.24) is 15.3 Å². The summed E-state index contributed by atoms with van der Waals surface area (Å²) in [5.74, 6) is 2.99. The molecule has 1 saturated carbocycles. The molecule has 2 aromatic rings. The topological polar surface area (TPSA) is 79.4 Å². The summed E-state index contributed by atoms with van der Waals surface area (Å²) < 4.78 is 5.90. The van der Waals surface area contributed by atoms with Gasteiger partial charge in [0, 0.05) is 37.3 Å². The van der Waals surface area contributed by atoms with Gasteiger partial charge in [-0.3, -0.25) is 4.79 Å². The van der Waals surface area contributed by atoms with Crippen molar-refractivity contribution in [3.05, 3.63) is 41.2 Å². The lowest BCUT2D eigenvalue weighted by Gasteiger charge is -2.33. The fraction of sp³-hybridized carbons (Fsp3) is 0.522. The predicted octanol–water partition coefficient (Wildman–Crippen LogP) is 4.20. The fourth-order valence-electron chi connectivity index (χ4n) is 3.65. The number of aromatic nitrogens is 2. The molecule has 8 heteroatoms. The maximum absolute atomic E-state index is 12.8. The molecule has 0 atom stereocenters. The van der Waals surface area contributed by atoms with Crippen LogP contribution in [0.3, 0.4) is 0 Å². The van der Waals surface area contributed by atoms with Gasteiger partial charge in [0.1, 0.15) is 23.2 Å². The van der Waals surface area contributed by atoms with Gasteiger partial charge in [-0.2, -0.15) is 0 Å². The summed E-state index contributed by atoms with van der Waals surface area (Å²) in [6, 6.07) is 9.48. The number of anilines is 2. The number of halogens is 1. The minimum atomic E-state index is -0.968. The Kier molecular flexibility index (Phi) is 7.26. The van der Waals surface area contributed by atoms with Crippen molar-refractivity contribution in [2.24, 2.45) is 0 Å². The third kappa shape index (κ3) is 6.47. The van der Waals surface area contributed by atoms with Crippen LogP contribution >= 0.6 is 11.6 Å². The Hall–Kier alpha value is -2.54. The highest BCUT2D eigenvalue weighted by molar-refractivity contribution is 6.30. The molecule has 3 rings (SSSR count). The number of hydrogen-bond acceptors (Lipinski definition) is 6. The van der Waals surface area contributed by atoms with Crippen LogP contribution in [-0.4, -0.2) is 47.7 Å². The molecule has 1 aliphatic carbocycles. The molecule has 1 aliphatic rings. The molecule has 31 heavy (non-hydrogen) atoms. The number of carbonyl (C=O) groups excluding carboxylic acids is 1. The zero-order valence-electron chi connectivity index (χ0n) is 18.9. The number of nitrogens with one attached hydrogen (secondary N) is 2. The second kappa shape index (κ2) is 9.73. The lowest BCUT2D eigenvalue weighted by Crippen LogP contribution is -2.51. The van der Waals surface area contributed by atoms with Gasteiger partial charge in [0.2, 0.25) is 0 Å². The van der Waals surface area contributed by atoms with Crippen LogP contribution in [0.25, 0.3) is 0 Å². The highest BCUT2D eigenvalue weighted by Crippen LogP contribution is 2.25. The van der Waals surface area contributed by atoms with Gasteiger partial charge in [0.05, 0.1) is 0 Å². The van der Waals surface area contributed by atoms with Crippen molar-refractivity contribution < 1.29 is 9.53 Å². The van der Waals surface area contributed by atoms with Gasteiger partial charge in [0.25, 0.3) is 5.91 Å². The van der Waals surface area contributed by atoms with Crippen LogP contribution in [0.2, 0.25) is 5.02 Å². The van der Waals surface area contributed by atoms with Crippen LogP contribution < -0.4 is 20.3 Å². The first kappa shape index (κ1) is 23.1. The molecule has 7 nitrogen and oxygen atoms in total. The molecule has 0 saturated heterocycles. The lowest BCUT2D eigenvalue weighted by atomic mass is 9.90. The molecule has 1 heterocycles. The Labute approximate surface area is 189 Å². The summed E-state index contributed by atoms with van der Waals surface area (Å²) in [6.07, 6.45) is 3.74. The standard InChI is InChI=1S/C23H32ClN5O2/c1-15-25-20(14-21(26-15)29(4)5)27-17-8-10-18(11-9-17)28-22(30)23(2,3)31-19-12-6-16(24)7-13-19/h6-7,12-14,17-18H,8-11H2,1-5H3,(H,28,30)(H,25,26,27). The van der Waals surface area contributed by atoms with Crippen molar-refractivity contribution in [3.63, 3.8) is 0 Å². The van der Waals surface area contributed by atoms with Gasteiger partial charge in [-0.05, 0) is 70.7 Å². The molecule has 0 aliphatic heterocycles. The molecule has 1 aromatic carbocycles. The summed E-state index contributed by atoms with van der Waals surface area (Å²) in [5, 5.41) is 7.32. The van der Waals surface area contributed by atoms with Gasteiger partial charge in [-0.15, -0.1) is 0 Å². The molecule has 1 aromatic heterocycles. The lowest BCUT2D eigenvalue weighted by molar-refractivity contribution is -0.135. The van der Waals surface area contributed by atoms with Gasteiger partial charge in [-0.25, -0.2) is 9.97 Å². The Morgan fingerprint density at radius 2 is 1.71 bits per heavy atom.